The minimum atomic E-state index is -0.0507. The highest BCUT2D eigenvalue weighted by atomic mass is 32.1. The lowest BCUT2D eigenvalue weighted by Gasteiger charge is -2.31. The van der Waals surface area contributed by atoms with E-state index in [4.69, 9.17) is 0 Å². The van der Waals surface area contributed by atoms with Crippen LogP contribution >= 0.6 is 11.3 Å². The van der Waals surface area contributed by atoms with Gasteiger partial charge >= 0.3 is 0 Å². The van der Waals surface area contributed by atoms with Gasteiger partial charge in [0, 0.05) is 24.5 Å². The van der Waals surface area contributed by atoms with Crippen molar-refractivity contribution < 1.29 is 9.59 Å². The van der Waals surface area contributed by atoms with Crippen molar-refractivity contribution in [2.45, 2.75) is 64.7 Å². The Labute approximate surface area is 155 Å². The highest BCUT2D eigenvalue weighted by Gasteiger charge is 2.29. The maximum absolute atomic E-state index is 13.0. The molecule has 5 heteroatoms. The lowest BCUT2D eigenvalue weighted by atomic mass is 9.96. The largest absolute Gasteiger partial charge is 0.356 e. The third-order valence-corrected chi connectivity index (χ3v) is 6.56. The number of nitrogens with zero attached hydrogens (tertiary/aromatic N) is 1. The standard InChI is InChI=1S/C20H30N2O2S/c1-2-11-21-19(23)16-9-7-12-22(14-16)20(24)18-13-15-8-5-3-4-6-10-17(15)25-18/h13,16H,2-12,14H2,1H3,(H,21,23). The Balaban J connectivity index is 1.66. The number of fused-ring (bicyclic) bond motifs is 1. The molecular weight excluding hydrogens is 332 g/mol. The summed E-state index contributed by atoms with van der Waals surface area (Å²) >= 11 is 1.69. The molecule has 1 fully saturated rings. The fourth-order valence-electron chi connectivity index (χ4n) is 3.87. The summed E-state index contributed by atoms with van der Waals surface area (Å²) in [6, 6.07) is 2.13. The second kappa shape index (κ2) is 8.84. The van der Waals surface area contributed by atoms with Gasteiger partial charge in [0.05, 0.1) is 10.8 Å². The molecular formula is C20H30N2O2S. The second-order valence-corrected chi connectivity index (χ2v) is 8.49. The van der Waals surface area contributed by atoms with Crippen LogP contribution in [-0.4, -0.2) is 36.3 Å². The topological polar surface area (TPSA) is 49.4 Å². The predicted octanol–water partition coefficient (Wildman–Crippen LogP) is 3.79. The van der Waals surface area contributed by atoms with E-state index in [0.717, 1.165) is 50.1 Å². The molecule has 1 aliphatic heterocycles. The van der Waals surface area contributed by atoms with Gasteiger partial charge in [0.25, 0.3) is 5.91 Å². The molecule has 2 heterocycles. The zero-order valence-electron chi connectivity index (χ0n) is 15.3. The highest BCUT2D eigenvalue weighted by Crippen LogP contribution is 2.30. The summed E-state index contributed by atoms with van der Waals surface area (Å²) in [6.07, 6.45) is 10.1. The summed E-state index contributed by atoms with van der Waals surface area (Å²) in [6.45, 7) is 4.12. The molecule has 2 amide bonds. The maximum atomic E-state index is 13.0. The van der Waals surface area contributed by atoms with Crippen LogP contribution < -0.4 is 5.32 Å². The SMILES string of the molecule is CCCNC(=O)C1CCCN(C(=O)c2cc3c(s2)CCCCCC3)C1. The quantitative estimate of drug-likeness (QED) is 0.886. The van der Waals surface area contributed by atoms with Gasteiger partial charge in [-0.15, -0.1) is 11.3 Å². The van der Waals surface area contributed by atoms with Crippen LogP contribution in [0.25, 0.3) is 0 Å². The van der Waals surface area contributed by atoms with Crippen molar-refractivity contribution >= 4 is 23.2 Å². The van der Waals surface area contributed by atoms with Gasteiger partial charge in [0.1, 0.15) is 0 Å². The zero-order chi connectivity index (χ0) is 17.6. The number of amides is 2. The van der Waals surface area contributed by atoms with E-state index >= 15 is 0 Å². The van der Waals surface area contributed by atoms with E-state index in [9.17, 15) is 9.59 Å². The first-order valence-electron chi connectivity index (χ1n) is 9.87. The number of nitrogens with one attached hydrogen (secondary N) is 1. The first-order valence-corrected chi connectivity index (χ1v) is 10.7. The molecule has 3 rings (SSSR count). The first kappa shape index (κ1) is 18.4. The lowest BCUT2D eigenvalue weighted by molar-refractivity contribution is -0.126. The van der Waals surface area contributed by atoms with E-state index in [0.29, 0.717) is 6.54 Å². The maximum Gasteiger partial charge on any atom is 0.263 e. The Morgan fingerprint density at radius 1 is 1.20 bits per heavy atom. The Morgan fingerprint density at radius 3 is 2.80 bits per heavy atom. The zero-order valence-corrected chi connectivity index (χ0v) is 16.1. The van der Waals surface area contributed by atoms with E-state index in [1.807, 2.05) is 4.90 Å². The van der Waals surface area contributed by atoms with E-state index in [1.54, 1.807) is 11.3 Å². The molecule has 0 radical (unpaired) electrons. The molecule has 25 heavy (non-hydrogen) atoms. The van der Waals surface area contributed by atoms with Crippen molar-refractivity contribution in [3.05, 3.63) is 21.4 Å². The van der Waals surface area contributed by atoms with Crippen LogP contribution in [0.4, 0.5) is 0 Å². The summed E-state index contributed by atoms with van der Waals surface area (Å²) in [5, 5.41) is 2.98. The normalized spacial score (nSPS) is 21.2. The average Bonchev–Trinajstić information content (AvgIpc) is 3.01. The number of aryl methyl sites for hydroxylation is 2. The van der Waals surface area contributed by atoms with E-state index in [1.165, 1.54) is 36.1 Å². The minimum absolute atomic E-state index is 0.0507. The van der Waals surface area contributed by atoms with Crippen LogP contribution in [0.2, 0.25) is 0 Å². The fraction of sp³-hybridized carbons (Fsp3) is 0.700. The van der Waals surface area contributed by atoms with Crippen molar-refractivity contribution in [3.8, 4) is 0 Å². The number of rotatable bonds is 4. The van der Waals surface area contributed by atoms with Crippen molar-refractivity contribution in [1.29, 1.82) is 0 Å². The summed E-state index contributed by atoms with van der Waals surface area (Å²) < 4.78 is 0. The Morgan fingerprint density at radius 2 is 2.00 bits per heavy atom. The van der Waals surface area contributed by atoms with Crippen LogP contribution in [0, 0.1) is 5.92 Å². The molecule has 2 aliphatic rings. The number of thiophene rings is 1. The summed E-state index contributed by atoms with van der Waals surface area (Å²) in [5.74, 6) is 0.188. The van der Waals surface area contributed by atoms with E-state index < -0.39 is 0 Å². The molecule has 0 aromatic carbocycles. The van der Waals surface area contributed by atoms with Crippen molar-refractivity contribution in [1.82, 2.24) is 10.2 Å². The summed E-state index contributed by atoms with van der Waals surface area (Å²) in [7, 11) is 0. The minimum Gasteiger partial charge on any atom is -0.356 e. The molecule has 0 bridgehead atoms. The molecule has 1 aromatic heterocycles. The molecule has 0 saturated carbocycles. The van der Waals surface area contributed by atoms with Gasteiger partial charge in [-0.2, -0.15) is 0 Å². The molecule has 138 valence electrons. The monoisotopic (exact) mass is 362 g/mol. The van der Waals surface area contributed by atoms with Crippen molar-refractivity contribution in [2.24, 2.45) is 5.92 Å². The van der Waals surface area contributed by atoms with Crippen LogP contribution in [0.1, 0.15) is 72.0 Å². The van der Waals surface area contributed by atoms with Gasteiger partial charge in [0.2, 0.25) is 5.91 Å². The van der Waals surface area contributed by atoms with Crippen LogP contribution in [0.3, 0.4) is 0 Å². The molecule has 4 nitrogen and oxygen atoms in total. The van der Waals surface area contributed by atoms with Gasteiger partial charge in [-0.25, -0.2) is 0 Å². The Hall–Kier alpha value is -1.36. The smallest absolute Gasteiger partial charge is 0.263 e. The third kappa shape index (κ3) is 4.63. The van der Waals surface area contributed by atoms with Crippen LogP contribution in [-0.2, 0) is 17.6 Å². The van der Waals surface area contributed by atoms with Crippen molar-refractivity contribution in [3.63, 3.8) is 0 Å². The molecule has 1 saturated heterocycles. The highest BCUT2D eigenvalue weighted by molar-refractivity contribution is 7.14. The third-order valence-electron chi connectivity index (χ3n) is 5.34. The fourth-order valence-corrected chi connectivity index (χ4v) is 5.10. The van der Waals surface area contributed by atoms with Crippen molar-refractivity contribution in [2.75, 3.05) is 19.6 Å². The molecule has 0 spiro atoms. The van der Waals surface area contributed by atoms with Gasteiger partial charge in [0.15, 0.2) is 0 Å². The second-order valence-electron chi connectivity index (χ2n) is 7.35. The van der Waals surface area contributed by atoms with Gasteiger partial charge in [-0.05, 0) is 56.6 Å². The lowest BCUT2D eigenvalue weighted by Crippen LogP contribution is -2.45. The molecule has 1 atom stereocenters. The molecule has 1 N–H and O–H groups in total. The summed E-state index contributed by atoms with van der Waals surface area (Å²) in [5.41, 5.74) is 1.39. The summed E-state index contributed by atoms with van der Waals surface area (Å²) in [4.78, 5) is 29.4. The number of carbonyl (C=O) groups excluding carboxylic acids is 2. The van der Waals surface area contributed by atoms with E-state index in [-0.39, 0.29) is 17.7 Å². The van der Waals surface area contributed by atoms with E-state index in [2.05, 4.69) is 18.3 Å². The van der Waals surface area contributed by atoms with Gasteiger partial charge in [-0.3, -0.25) is 9.59 Å². The van der Waals surface area contributed by atoms with Gasteiger partial charge < -0.3 is 10.2 Å². The predicted molar refractivity (Wildman–Crippen MR) is 102 cm³/mol. The Kier molecular flexibility index (Phi) is 6.51. The number of likely N-dealkylation sites (tertiary alicyclic amines) is 1. The average molecular weight is 363 g/mol. The molecule has 1 aromatic rings. The number of hydrogen-bond acceptors (Lipinski definition) is 3. The first-order chi connectivity index (χ1) is 12.2. The van der Waals surface area contributed by atoms with Crippen LogP contribution in [0.15, 0.2) is 6.07 Å². The number of piperidine rings is 1. The molecule has 1 aliphatic carbocycles. The van der Waals surface area contributed by atoms with Crippen LogP contribution in [0.5, 0.6) is 0 Å². The number of carbonyl (C=O) groups is 2. The Bertz CT molecular complexity index is 585. The molecule has 1 unspecified atom stereocenters. The number of hydrogen-bond donors (Lipinski definition) is 1. The van der Waals surface area contributed by atoms with Gasteiger partial charge in [-0.1, -0.05) is 19.8 Å².